The summed E-state index contributed by atoms with van der Waals surface area (Å²) in [6, 6.07) is 11.7. The molecular weight excluding hydrogens is 434 g/mol. The maximum absolute atomic E-state index is 13.2. The zero-order valence-corrected chi connectivity index (χ0v) is 21.5. The molecule has 0 aliphatic carbocycles. The molecule has 1 amide bonds. The Morgan fingerprint density at radius 2 is 1.52 bits per heavy atom. The Hall–Kier alpha value is -2.22. The normalized spacial score (nSPS) is 15.9. The average molecular weight is 472 g/mol. The van der Waals surface area contributed by atoms with E-state index in [0.717, 1.165) is 27.9 Å². The van der Waals surface area contributed by atoms with Crippen molar-refractivity contribution in [2.75, 3.05) is 38.0 Å². The van der Waals surface area contributed by atoms with Crippen molar-refractivity contribution >= 4 is 21.6 Å². The fraction of sp³-hybridized carbons (Fsp3) is 0.500. The average Bonchev–Trinajstić information content (AvgIpc) is 2.75. The quantitative estimate of drug-likeness (QED) is 0.646. The van der Waals surface area contributed by atoms with Gasteiger partial charge in [-0.1, -0.05) is 58.0 Å². The second-order valence-electron chi connectivity index (χ2n) is 9.62. The van der Waals surface area contributed by atoms with Gasteiger partial charge >= 0.3 is 0 Å². The van der Waals surface area contributed by atoms with Gasteiger partial charge in [-0.05, 0) is 54.0 Å². The highest BCUT2D eigenvalue weighted by molar-refractivity contribution is 7.89. The highest BCUT2D eigenvalue weighted by atomic mass is 32.2. The van der Waals surface area contributed by atoms with Crippen LogP contribution in [0.25, 0.3) is 0 Å². The SMILES string of the molecule is Cc1ccc(C)c(S(=O)(=O)N2CCN(CC(=O)Nc3c(C(C)C)cccc3C(C)C)CC2)c1. The number of benzene rings is 2. The molecule has 7 heteroatoms. The Morgan fingerprint density at radius 1 is 0.939 bits per heavy atom. The standard InChI is InChI=1S/C26H37N3O3S/c1-18(2)22-8-7-9-23(19(3)4)26(22)27-25(30)17-28-12-14-29(15-13-28)33(31,32)24-16-20(5)10-11-21(24)6/h7-11,16,18-19H,12-15,17H2,1-6H3,(H,27,30). The van der Waals surface area contributed by atoms with Gasteiger partial charge in [-0.2, -0.15) is 4.31 Å². The summed E-state index contributed by atoms with van der Waals surface area (Å²) in [6.07, 6.45) is 0. The van der Waals surface area contributed by atoms with Gasteiger partial charge in [0.2, 0.25) is 15.9 Å². The van der Waals surface area contributed by atoms with Crippen LogP contribution < -0.4 is 5.32 Å². The van der Waals surface area contributed by atoms with Crippen LogP contribution in [0.3, 0.4) is 0 Å². The monoisotopic (exact) mass is 471 g/mol. The largest absolute Gasteiger partial charge is 0.324 e. The Kier molecular flexibility index (Phi) is 7.98. The number of piperazine rings is 1. The first-order valence-corrected chi connectivity index (χ1v) is 13.2. The summed E-state index contributed by atoms with van der Waals surface area (Å²) in [6.45, 7) is 14.3. The van der Waals surface area contributed by atoms with E-state index >= 15 is 0 Å². The summed E-state index contributed by atoms with van der Waals surface area (Å²) in [7, 11) is -3.54. The first-order valence-electron chi connectivity index (χ1n) is 11.7. The van der Waals surface area contributed by atoms with E-state index in [9.17, 15) is 13.2 Å². The van der Waals surface area contributed by atoms with Crippen molar-refractivity contribution in [2.24, 2.45) is 0 Å². The minimum absolute atomic E-state index is 0.0594. The van der Waals surface area contributed by atoms with Crippen molar-refractivity contribution < 1.29 is 13.2 Å². The van der Waals surface area contributed by atoms with E-state index in [0.29, 0.717) is 42.9 Å². The molecule has 0 bridgehead atoms. The third-order valence-electron chi connectivity index (χ3n) is 6.30. The molecule has 0 unspecified atom stereocenters. The van der Waals surface area contributed by atoms with Gasteiger partial charge in [-0.25, -0.2) is 8.42 Å². The van der Waals surface area contributed by atoms with E-state index in [4.69, 9.17) is 0 Å². The van der Waals surface area contributed by atoms with Crippen LogP contribution in [0.5, 0.6) is 0 Å². The van der Waals surface area contributed by atoms with Crippen LogP contribution in [0.15, 0.2) is 41.3 Å². The van der Waals surface area contributed by atoms with Crippen molar-refractivity contribution in [1.82, 2.24) is 9.21 Å². The van der Waals surface area contributed by atoms with E-state index in [1.165, 1.54) is 4.31 Å². The minimum Gasteiger partial charge on any atom is -0.324 e. The molecule has 6 nitrogen and oxygen atoms in total. The number of hydrogen-bond donors (Lipinski definition) is 1. The molecule has 1 heterocycles. The van der Waals surface area contributed by atoms with Gasteiger partial charge in [-0.15, -0.1) is 0 Å². The maximum Gasteiger partial charge on any atom is 0.243 e. The number of carbonyl (C=O) groups is 1. The van der Waals surface area contributed by atoms with Gasteiger partial charge < -0.3 is 5.32 Å². The summed E-state index contributed by atoms with van der Waals surface area (Å²) in [5, 5.41) is 3.16. The van der Waals surface area contributed by atoms with Gasteiger partial charge in [0.25, 0.3) is 0 Å². The van der Waals surface area contributed by atoms with Crippen LogP contribution in [-0.4, -0.2) is 56.3 Å². The third kappa shape index (κ3) is 5.83. The molecule has 1 aliphatic heterocycles. The zero-order valence-electron chi connectivity index (χ0n) is 20.7. The lowest BCUT2D eigenvalue weighted by molar-refractivity contribution is -0.117. The number of amides is 1. The topological polar surface area (TPSA) is 69.7 Å². The molecule has 0 radical (unpaired) electrons. The lowest BCUT2D eigenvalue weighted by Gasteiger charge is -2.34. The summed E-state index contributed by atoms with van der Waals surface area (Å²) in [5.41, 5.74) is 4.88. The number of rotatable bonds is 7. The van der Waals surface area contributed by atoms with Gasteiger partial charge in [-0.3, -0.25) is 9.69 Å². The lowest BCUT2D eigenvalue weighted by atomic mass is 9.92. The number of aryl methyl sites for hydroxylation is 2. The second kappa shape index (κ2) is 10.4. The van der Waals surface area contributed by atoms with Crippen LogP contribution in [-0.2, 0) is 14.8 Å². The Bertz CT molecular complexity index is 1080. The predicted molar refractivity (Wildman–Crippen MR) is 134 cm³/mol. The molecule has 1 aliphatic rings. The fourth-order valence-corrected chi connectivity index (χ4v) is 6.06. The molecule has 33 heavy (non-hydrogen) atoms. The van der Waals surface area contributed by atoms with Crippen molar-refractivity contribution in [3.8, 4) is 0 Å². The number of anilines is 1. The van der Waals surface area contributed by atoms with E-state index in [-0.39, 0.29) is 12.5 Å². The summed E-state index contributed by atoms with van der Waals surface area (Å²) in [5.74, 6) is 0.548. The van der Waals surface area contributed by atoms with Crippen molar-refractivity contribution in [1.29, 1.82) is 0 Å². The smallest absolute Gasteiger partial charge is 0.243 e. The third-order valence-corrected chi connectivity index (χ3v) is 8.34. The molecule has 1 fully saturated rings. The van der Waals surface area contributed by atoms with Gasteiger partial charge in [0, 0.05) is 31.9 Å². The van der Waals surface area contributed by atoms with Crippen LogP contribution in [0, 0.1) is 13.8 Å². The molecule has 2 aromatic carbocycles. The van der Waals surface area contributed by atoms with Crippen molar-refractivity contribution in [2.45, 2.75) is 58.3 Å². The van der Waals surface area contributed by atoms with E-state index in [1.54, 1.807) is 6.07 Å². The van der Waals surface area contributed by atoms with Crippen LogP contribution in [0.2, 0.25) is 0 Å². The highest BCUT2D eigenvalue weighted by Gasteiger charge is 2.30. The number of para-hydroxylation sites is 1. The van der Waals surface area contributed by atoms with Gasteiger partial charge in [0.05, 0.1) is 11.4 Å². The number of nitrogens with one attached hydrogen (secondary N) is 1. The number of nitrogens with zero attached hydrogens (tertiary/aromatic N) is 2. The predicted octanol–water partition coefficient (Wildman–Crippen LogP) is 4.50. The van der Waals surface area contributed by atoms with Crippen LogP contribution in [0.1, 0.15) is 61.8 Å². The number of carbonyl (C=O) groups excluding carboxylic acids is 1. The molecule has 180 valence electrons. The van der Waals surface area contributed by atoms with Gasteiger partial charge in [0.1, 0.15) is 0 Å². The molecule has 0 spiro atoms. The van der Waals surface area contributed by atoms with E-state index in [1.807, 2.05) is 30.9 Å². The first kappa shape index (κ1) is 25.4. The van der Waals surface area contributed by atoms with E-state index in [2.05, 4.69) is 51.2 Å². The summed E-state index contributed by atoms with van der Waals surface area (Å²) < 4.78 is 27.9. The fourth-order valence-electron chi connectivity index (χ4n) is 4.33. The summed E-state index contributed by atoms with van der Waals surface area (Å²) >= 11 is 0. The molecule has 0 atom stereocenters. The molecule has 1 N–H and O–H groups in total. The molecule has 0 aromatic heterocycles. The van der Waals surface area contributed by atoms with Crippen molar-refractivity contribution in [3.63, 3.8) is 0 Å². The Balaban J connectivity index is 1.65. The number of hydrogen-bond acceptors (Lipinski definition) is 4. The Morgan fingerprint density at radius 3 is 2.06 bits per heavy atom. The summed E-state index contributed by atoms with van der Waals surface area (Å²) in [4.78, 5) is 15.3. The number of sulfonamides is 1. The maximum atomic E-state index is 13.2. The Labute approximate surface area is 199 Å². The van der Waals surface area contributed by atoms with Crippen LogP contribution in [0.4, 0.5) is 5.69 Å². The van der Waals surface area contributed by atoms with Crippen LogP contribution >= 0.6 is 0 Å². The molecular formula is C26H37N3O3S. The molecule has 1 saturated heterocycles. The van der Waals surface area contributed by atoms with E-state index < -0.39 is 10.0 Å². The minimum atomic E-state index is -3.54. The molecule has 3 rings (SSSR count). The first-order chi connectivity index (χ1) is 15.5. The van der Waals surface area contributed by atoms with Crippen molar-refractivity contribution in [3.05, 3.63) is 58.7 Å². The van der Waals surface area contributed by atoms with Gasteiger partial charge in [0.15, 0.2) is 0 Å². The zero-order chi connectivity index (χ0) is 24.3. The molecule has 0 saturated carbocycles. The second-order valence-corrected chi connectivity index (χ2v) is 11.5. The molecule has 2 aromatic rings. The lowest BCUT2D eigenvalue weighted by Crippen LogP contribution is -2.50. The highest BCUT2D eigenvalue weighted by Crippen LogP contribution is 2.32.